The molecule has 9 heteroatoms. The molecular weight excluding hydrogens is 392 g/mol. The van der Waals surface area contributed by atoms with Crippen molar-refractivity contribution in [3.63, 3.8) is 0 Å². The molecule has 0 bridgehead atoms. The molecule has 2 aromatic rings. The highest BCUT2D eigenvalue weighted by atomic mass is 16.6. The Labute approximate surface area is 171 Å². The molecule has 1 aliphatic heterocycles. The van der Waals surface area contributed by atoms with Crippen molar-refractivity contribution in [2.24, 2.45) is 4.99 Å². The Morgan fingerprint density at radius 2 is 2.00 bits per heavy atom. The van der Waals surface area contributed by atoms with E-state index in [4.69, 9.17) is 14.2 Å². The molecular formula is C21H18N2O7. The molecule has 0 unspecified atom stereocenters. The van der Waals surface area contributed by atoms with E-state index in [1.807, 2.05) is 0 Å². The van der Waals surface area contributed by atoms with Gasteiger partial charge in [-0.2, -0.15) is 0 Å². The summed E-state index contributed by atoms with van der Waals surface area (Å²) in [5, 5.41) is 11.0. The smallest absolute Gasteiger partial charge is 0.363 e. The molecule has 0 fully saturated rings. The monoisotopic (exact) mass is 410 g/mol. The lowest BCUT2D eigenvalue weighted by atomic mass is 10.1. The van der Waals surface area contributed by atoms with Crippen LogP contribution in [0.1, 0.15) is 30.0 Å². The topological polar surface area (TPSA) is 117 Å². The van der Waals surface area contributed by atoms with Gasteiger partial charge in [-0.15, -0.1) is 0 Å². The number of carbonyl (C=O) groups excluding carboxylic acids is 2. The largest absolute Gasteiger partial charge is 0.493 e. The van der Waals surface area contributed by atoms with E-state index in [0.29, 0.717) is 22.4 Å². The third-order valence-electron chi connectivity index (χ3n) is 4.26. The van der Waals surface area contributed by atoms with Gasteiger partial charge in [0.2, 0.25) is 5.90 Å². The van der Waals surface area contributed by atoms with Crippen molar-refractivity contribution in [1.29, 1.82) is 0 Å². The van der Waals surface area contributed by atoms with Crippen molar-refractivity contribution >= 4 is 29.6 Å². The minimum Gasteiger partial charge on any atom is -0.493 e. The van der Waals surface area contributed by atoms with E-state index in [9.17, 15) is 19.7 Å². The van der Waals surface area contributed by atoms with Crippen molar-refractivity contribution in [2.75, 3.05) is 7.11 Å². The van der Waals surface area contributed by atoms with Crippen LogP contribution in [0.3, 0.4) is 0 Å². The van der Waals surface area contributed by atoms with Gasteiger partial charge in [0.25, 0.3) is 5.69 Å². The number of esters is 2. The van der Waals surface area contributed by atoms with Crippen LogP contribution >= 0.6 is 0 Å². The summed E-state index contributed by atoms with van der Waals surface area (Å²) in [6.45, 7) is 3.27. The summed E-state index contributed by atoms with van der Waals surface area (Å²) < 4.78 is 15.6. The van der Waals surface area contributed by atoms with Crippen LogP contribution in [-0.4, -0.2) is 29.9 Å². The molecule has 1 aliphatic rings. The highest BCUT2D eigenvalue weighted by molar-refractivity contribution is 6.13. The third-order valence-corrected chi connectivity index (χ3v) is 4.26. The highest BCUT2D eigenvalue weighted by Gasteiger charge is 2.25. The lowest BCUT2D eigenvalue weighted by Crippen LogP contribution is -2.06. The molecule has 30 heavy (non-hydrogen) atoms. The van der Waals surface area contributed by atoms with E-state index in [1.54, 1.807) is 32.0 Å². The number of nitro benzene ring substituents is 1. The normalized spacial score (nSPS) is 14.3. The number of hydrogen-bond donors (Lipinski definition) is 0. The Bertz CT molecular complexity index is 1100. The van der Waals surface area contributed by atoms with Gasteiger partial charge in [-0.3, -0.25) is 14.9 Å². The van der Waals surface area contributed by atoms with Crippen LogP contribution in [0.25, 0.3) is 6.08 Å². The first-order valence-corrected chi connectivity index (χ1v) is 8.99. The fourth-order valence-electron chi connectivity index (χ4n) is 2.74. The first kappa shape index (κ1) is 20.7. The zero-order valence-electron chi connectivity index (χ0n) is 16.5. The number of methoxy groups -OCH3 is 1. The van der Waals surface area contributed by atoms with Crippen LogP contribution in [-0.2, 0) is 14.3 Å². The molecule has 0 saturated carbocycles. The van der Waals surface area contributed by atoms with E-state index in [1.165, 1.54) is 31.4 Å². The molecule has 3 rings (SSSR count). The SMILES string of the molecule is CCC(=O)Oc1ccc(/C=C2\N=C(c3ccc([N+](=O)[O-])c(C)c3)OC2=O)cc1OC. The van der Waals surface area contributed by atoms with Crippen molar-refractivity contribution in [1.82, 2.24) is 0 Å². The lowest BCUT2D eigenvalue weighted by molar-refractivity contribution is -0.385. The Hall–Kier alpha value is -4.01. The molecule has 1 heterocycles. The van der Waals surface area contributed by atoms with Crippen LogP contribution in [0.15, 0.2) is 47.1 Å². The Morgan fingerprint density at radius 1 is 1.23 bits per heavy atom. The average Bonchev–Trinajstić information content (AvgIpc) is 3.08. The first-order chi connectivity index (χ1) is 14.3. The second-order valence-corrected chi connectivity index (χ2v) is 6.33. The van der Waals surface area contributed by atoms with E-state index in [2.05, 4.69) is 4.99 Å². The van der Waals surface area contributed by atoms with E-state index >= 15 is 0 Å². The number of ether oxygens (including phenoxy) is 3. The summed E-state index contributed by atoms with van der Waals surface area (Å²) in [6.07, 6.45) is 1.72. The molecule has 2 aromatic carbocycles. The number of rotatable bonds is 6. The summed E-state index contributed by atoms with van der Waals surface area (Å²) in [4.78, 5) is 38.4. The number of benzene rings is 2. The molecule has 0 saturated heterocycles. The Morgan fingerprint density at radius 3 is 2.63 bits per heavy atom. The van der Waals surface area contributed by atoms with Crippen molar-refractivity contribution < 1.29 is 28.7 Å². The van der Waals surface area contributed by atoms with Crippen LogP contribution in [0.2, 0.25) is 0 Å². The minimum absolute atomic E-state index is 0.0320. The number of hydrogen-bond acceptors (Lipinski definition) is 8. The molecule has 0 aromatic heterocycles. The predicted octanol–water partition coefficient (Wildman–Crippen LogP) is 3.57. The molecule has 0 spiro atoms. The maximum atomic E-state index is 12.2. The van der Waals surface area contributed by atoms with Gasteiger partial charge < -0.3 is 14.2 Å². The summed E-state index contributed by atoms with van der Waals surface area (Å²) in [5.41, 5.74) is 1.49. The van der Waals surface area contributed by atoms with Gasteiger partial charge in [0.15, 0.2) is 17.2 Å². The van der Waals surface area contributed by atoms with Crippen LogP contribution in [0.5, 0.6) is 11.5 Å². The third kappa shape index (κ3) is 4.35. The molecule has 0 amide bonds. The second-order valence-electron chi connectivity index (χ2n) is 6.33. The van der Waals surface area contributed by atoms with Gasteiger partial charge in [-0.1, -0.05) is 13.0 Å². The molecule has 0 aliphatic carbocycles. The fraction of sp³-hybridized carbons (Fsp3) is 0.190. The van der Waals surface area contributed by atoms with E-state index in [-0.39, 0.29) is 29.5 Å². The van der Waals surface area contributed by atoms with Crippen LogP contribution in [0.4, 0.5) is 5.69 Å². The quantitative estimate of drug-likeness (QED) is 0.235. The minimum atomic E-state index is -0.651. The number of cyclic esters (lactones) is 1. The van der Waals surface area contributed by atoms with Crippen molar-refractivity contribution in [3.05, 3.63) is 68.9 Å². The number of aliphatic imine (C=N–C) groups is 1. The first-order valence-electron chi connectivity index (χ1n) is 8.99. The predicted molar refractivity (Wildman–Crippen MR) is 107 cm³/mol. The highest BCUT2D eigenvalue weighted by Crippen LogP contribution is 2.30. The van der Waals surface area contributed by atoms with E-state index < -0.39 is 16.9 Å². The summed E-state index contributed by atoms with van der Waals surface area (Å²) in [6, 6.07) is 9.15. The second kappa shape index (κ2) is 8.56. The van der Waals surface area contributed by atoms with Gasteiger partial charge in [-0.05, 0) is 42.8 Å². The van der Waals surface area contributed by atoms with Gasteiger partial charge in [-0.25, -0.2) is 9.79 Å². The maximum absolute atomic E-state index is 12.2. The number of nitrogens with zero attached hydrogens (tertiary/aromatic N) is 2. The van der Waals surface area contributed by atoms with E-state index in [0.717, 1.165) is 0 Å². The van der Waals surface area contributed by atoms with Crippen molar-refractivity contribution in [2.45, 2.75) is 20.3 Å². The van der Waals surface area contributed by atoms with Crippen LogP contribution in [0, 0.1) is 17.0 Å². The number of nitro groups is 1. The lowest BCUT2D eigenvalue weighted by Gasteiger charge is -2.09. The Kier molecular flexibility index (Phi) is 5.91. The molecule has 9 nitrogen and oxygen atoms in total. The van der Waals surface area contributed by atoms with Crippen molar-refractivity contribution in [3.8, 4) is 11.5 Å². The average molecular weight is 410 g/mol. The summed E-state index contributed by atoms with van der Waals surface area (Å²) >= 11 is 0. The number of carbonyl (C=O) groups is 2. The number of aryl methyl sites for hydroxylation is 1. The van der Waals surface area contributed by atoms with Gasteiger partial charge in [0, 0.05) is 23.6 Å². The molecule has 0 N–H and O–H groups in total. The maximum Gasteiger partial charge on any atom is 0.363 e. The molecule has 154 valence electrons. The molecule has 0 atom stereocenters. The molecule has 0 radical (unpaired) electrons. The fourth-order valence-corrected chi connectivity index (χ4v) is 2.74. The zero-order valence-corrected chi connectivity index (χ0v) is 16.5. The van der Waals surface area contributed by atoms with Gasteiger partial charge in [0.1, 0.15) is 0 Å². The van der Waals surface area contributed by atoms with Crippen LogP contribution < -0.4 is 9.47 Å². The van der Waals surface area contributed by atoms with Gasteiger partial charge in [0.05, 0.1) is 12.0 Å². The summed E-state index contributed by atoms with van der Waals surface area (Å²) in [7, 11) is 1.44. The van der Waals surface area contributed by atoms with Gasteiger partial charge >= 0.3 is 11.9 Å². The standard InChI is InChI=1S/C21H18N2O7/c1-4-19(24)29-17-8-5-13(11-18(17)28-3)10-15-21(25)30-20(22-15)14-6-7-16(23(26)27)12(2)9-14/h5-11H,4H2,1-3H3/b15-10-. The zero-order chi connectivity index (χ0) is 21.8. The summed E-state index contributed by atoms with van der Waals surface area (Å²) in [5.74, 6) is -0.392. The Balaban J connectivity index is 1.90.